The van der Waals surface area contributed by atoms with E-state index in [-0.39, 0.29) is 11.2 Å². The molecular weight excluding hydrogens is 480 g/mol. The summed E-state index contributed by atoms with van der Waals surface area (Å²) < 4.78 is 2.03. The zero-order valence-electron chi connectivity index (χ0n) is 22.6. The lowest BCUT2D eigenvalue weighted by Gasteiger charge is -2.21. The van der Waals surface area contributed by atoms with Crippen molar-refractivity contribution in [2.75, 3.05) is 0 Å². The van der Waals surface area contributed by atoms with Gasteiger partial charge in [0.1, 0.15) is 17.1 Å². The molecule has 0 amide bonds. The molecule has 0 spiro atoms. The number of imidazole rings is 1. The maximum atomic E-state index is 11.3. The Morgan fingerprint density at radius 1 is 0.692 bits per heavy atom. The van der Waals surface area contributed by atoms with Gasteiger partial charge in [-0.15, -0.1) is 0 Å². The van der Waals surface area contributed by atoms with Gasteiger partial charge in [-0.3, -0.25) is 9.97 Å². The standard InChI is InChI=1S/C34H30N4O/c1-34(2,3)27-14-10-13-26(32(27)39)33-37-31-29(38(33)4)16-18-36-30(31)25-20-23(22-11-6-5-7-12-22)19-24(21-25)28-15-8-9-17-35-28/h5-21,39H,1-4H3. The third-order valence-corrected chi connectivity index (χ3v) is 7.16. The average molecular weight is 511 g/mol. The smallest absolute Gasteiger partial charge is 0.144 e. The Morgan fingerprint density at radius 2 is 1.44 bits per heavy atom. The zero-order valence-corrected chi connectivity index (χ0v) is 22.6. The van der Waals surface area contributed by atoms with E-state index in [0.717, 1.165) is 50.2 Å². The minimum atomic E-state index is -0.197. The molecule has 0 saturated heterocycles. The molecule has 6 rings (SSSR count). The highest BCUT2D eigenvalue weighted by Crippen LogP contribution is 2.40. The van der Waals surface area contributed by atoms with Crippen molar-refractivity contribution in [3.63, 3.8) is 0 Å². The molecule has 0 atom stereocenters. The minimum absolute atomic E-state index is 0.197. The van der Waals surface area contributed by atoms with Gasteiger partial charge >= 0.3 is 0 Å². The first-order valence-electron chi connectivity index (χ1n) is 13.1. The Bertz CT molecular complexity index is 1740. The SMILES string of the molecule is Cn1c(-c2cccc(C(C)(C)C)c2O)nc2c(-c3cc(-c4ccccc4)cc(-c4ccccn4)c3)nccc21. The molecular formula is C34H30N4O. The molecule has 3 aromatic carbocycles. The number of pyridine rings is 2. The van der Waals surface area contributed by atoms with E-state index in [4.69, 9.17) is 9.97 Å². The number of benzene rings is 3. The van der Waals surface area contributed by atoms with Gasteiger partial charge in [0.2, 0.25) is 0 Å². The highest BCUT2D eigenvalue weighted by molar-refractivity contribution is 5.94. The fourth-order valence-corrected chi connectivity index (χ4v) is 5.14. The molecule has 0 radical (unpaired) electrons. The first kappa shape index (κ1) is 24.6. The number of phenols is 1. The topological polar surface area (TPSA) is 63.8 Å². The summed E-state index contributed by atoms with van der Waals surface area (Å²) >= 11 is 0. The average Bonchev–Trinajstić information content (AvgIpc) is 3.29. The number of aryl methyl sites for hydroxylation is 1. The molecule has 0 aliphatic heterocycles. The number of nitrogens with zero attached hydrogens (tertiary/aromatic N) is 4. The first-order chi connectivity index (χ1) is 18.8. The predicted octanol–water partition coefficient (Wildman–Crippen LogP) is 8.03. The molecule has 3 aromatic heterocycles. The Balaban J connectivity index is 1.57. The van der Waals surface area contributed by atoms with Gasteiger partial charge in [0.25, 0.3) is 0 Å². The van der Waals surface area contributed by atoms with Crippen molar-refractivity contribution in [3.8, 4) is 50.8 Å². The lowest BCUT2D eigenvalue weighted by molar-refractivity contribution is 0.448. The second-order valence-corrected chi connectivity index (χ2v) is 10.9. The normalized spacial score (nSPS) is 11.7. The van der Waals surface area contributed by atoms with Gasteiger partial charge in [0.15, 0.2) is 0 Å². The predicted molar refractivity (Wildman–Crippen MR) is 158 cm³/mol. The van der Waals surface area contributed by atoms with E-state index in [2.05, 4.69) is 56.1 Å². The number of aromatic nitrogens is 4. The lowest BCUT2D eigenvalue weighted by atomic mass is 9.85. The Morgan fingerprint density at radius 3 is 2.18 bits per heavy atom. The van der Waals surface area contributed by atoms with Gasteiger partial charge in [-0.1, -0.05) is 69.3 Å². The summed E-state index contributed by atoms with van der Waals surface area (Å²) in [5, 5.41) is 11.3. The first-order valence-corrected chi connectivity index (χ1v) is 13.1. The van der Waals surface area contributed by atoms with Crippen molar-refractivity contribution >= 4 is 11.0 Å². The summed E-state index contributed by atoms with van der Waals surface area (Å²) in [5.41, 5.74) is 8.99. The quantitative estimate of drug-likeness (QED) is 0.261. The number of para-hydroxylation sites is 1. The van der Waals surface area contributed by atoms with E-state index in [1.54, 1.807) is 0 Å². The van der Waals surface area contributed by atoms with Crippen LogP contribution in [0.5, 0.6) is 5.75 Å². The van der Waals surface area contributed by atoms with Gasteiger partial charge in [-0.05, 0) is 64.6 Å². The van der Waals surface area contributed by atoms with Crippen LogP contribution < -0.4 is 0 Å². The minimum Gasteiger partial charge on any atom is -0.507 e. The van der Waals surface area contributed by atoms with Crippen molar-refractivity contribution < 1.29 is 5.11 Å². The molecule has 192 valence electrons. The largest absolute Gasteiger partial charge is 0.507 e. The van der Waals surface area contributed by atoms with Crippen LogP contribution in [-0.4, -0.2) is 24.6 Å². The Labute approximate surface area is 228 Å². The van der Waals surface area contributed by atoms with Gasteiger partial charge < -0.3 is 9.67 Å². The van der Waals surface area contributed by atoms with E-state index in [1.165, 1.54) is 0 Å². The van der Waals surface area contributed by atoms with Crippen molar-refractivity contribution in [1.82, 2.24) is 19.5 Å². The maximum Gasteiger partial charge on any atom is 0.144 e. The number of hydrogen-bond donors (Lipinski definition) is 1. The third-order valence-electron chi connectivity index (χ3n) is 7.16. The van der Waals surface area contributed by atoms with Gasteiger partial charge in [-0.2, -0.15) is 0 Å². The molecule has 1 N–H and O–H groups in total. The summed E-state index contributed by atoms with van der Waals surface area (Å²) in [7, 11) is 1.98. The molecule has 5 nitrogen and oxygen atoms in total. The highest BCUT2D eigenvalue weighted by Gasteiger charge is 2.23. The highest BCUT2D eigenvalue weighted by atomic mass is 16.3. The summed E-state index contributed by atoms with van der Waals surface area (Å²) in [6, 6.07) is 30.6. The summed E-state index contributed by atoms with van der Waals surface area (Å²) in [5.74, 6) is 0.966. The number of aromatic hydroxyl groups is 1. The second-order valence-electron chi connectivity index (χ2n) is 10.9. The van der Waals surface area contributed by atoms with Crippen LogP contribution in [-0.2, 0) is 12.5 Å². The monoisotopic (exact) mass is 510 g/mol. The van der Waals surface area contributed by atoms with Crippen molar-refractivity contribution in [2.45, 2.75) is 26.2 Å². The van der Waals surface area contributed by atoms with Gasteiger partial charge in [0.05, 0.1) is 22.5 Å². The van der Waals surface area contributed by atoms with Crippen LogP contribution in [0.1, 0.15) is 26.3 Å². The van der Waals surface area contributed by atoms with Crippen molar-refractivity contribution in [1.29, 1.82) is 0 Å². The molecule has 0 fully saturated rings. The third kappa shape index (κ3) is 4.46. The number of phenolic OH excluding ortho intramolecular Hbond substituents is 1. The van der Waals surface area contributed by atoms with Crippen LogP contribution in [0, 0.1) is 0 Å². The van der Waals surface area contributed by atoms with Crippen LogP contribution in [0.2, 0.25) is 0 Å². The van der Waals surface area contributed by atoms with E-state index in [9.17, 15) is 5.11 Å². The summed E-state index contributed by atoms with van der Waals surface area (Å²) in [6.45, 7) is 6.30. The van der Waals surface area contributed by atoms with E-state index < -0.39 is 0 Å². The molecule has 0 unspecified atom stereocenters. The molecule has 0 aliphatic carbocycles. The molecule has 5 heteroatoms. The van der Waals surface area contributed by atoms with E-state index in [0.29, 0.717) is 11.4 Å². The molecule has 3 heterocycles. The fourth-order valence-electron chi connectivity index (χ4n) is 5.14. The molecule has 0 bridgehead atoms. The number of rotatable bonds is 4. The van der Waals surface area contributed by atoms with Crippen LogP contribution in [0.3, 0.4) is 0 Å². The van der Waals surface area contributed by atoms with E-state index in [1.807, 2.05) is 84.7 Å². The molecule has 0 aliphatic rings. The second kappa shape index (κ2) is 9.52. The fraction of sp³-hybridized carbons (Fsp3) is 0.147. The summed E-state index contributed by atoms with van der Waals surface area (Å²) in [4.78, 5) is 14.5. The van der Waals surface area contributed by atoms with Crippen LogP contribution in [0.4, 0.5) is 0 Å². The van der Waals surface area contributed by atoms with Crippen LogP contribution in [0.15, 0.2) is 103 Å². The lowest BCUT2D eigenvalue weighted by Crippen LogP contribution is -2.11. The number of hydrogen-bond acceptors (Lipinski definition) is 4. The van der Waals surface area contributed by atoms with Gasteiger partial charge in [-0.25, -0.2) is 4.98 Å². The molecule has 0 saturated carbocycles. The maximum absolute atomic E-state index is 11.3. The van der Waals surface area contributed by atoms with E-state index >= 15 is 0 Å². The zero-order chi connectivity index (χ0) is 27.1. The van der Waals surface area contributed by atoms with Gasteiger partial charge in [0, 0.05) is 30.6 Å². The Kier molecular flexibility index (Phi) is 5.99. The molecule has 6 aromatic rings. The number of fused-ring (bicyclic) bond motifs is 1. The Hall–Kier alpha value is -4.77. The summed E-state index contributed by atoms with van der Waals surface area (Å²) in [6.07, 6.45) is 3.64. The van der Waals surface area contributed by atoms with Crippen molar-refractivity contribution in [3.05, 3.63) is 109 Å². The molecule has 39 heavy (non-hydrogen) atoms. The van der Waals surface area contributed by atoms with Crippen molar-refractivity contribution in [2.24, 2.45) is 7.05 Å². The van der Waals surface area contributed by atoms with Crippen LogP contribution >= 0.6 is 0 Å². The van der Waals surface area contributed by atoms with Crippen LogP contribution in [0.25, 0.3) is 56.1 Å².